The second-order valence-electron chi connectivity index (χ2n) is 17.5. The minimum Gasteiger partial charge on any atom is -0.0888 e. The Morgan fingerprint density at radius 2 is 0.945 bits per heavy atom. The van der Waals surface area contributed by atoms with E-state index in [1.165, 1.54) is 102 Å². The van der Waals surface area contributed by atoms with Crippen molar-refractivity contribution in [2.75, 3.05) is 0 Å². The molecule has 0 nitrogen and oxygen atoms in total. The largest absolute Gasteiger partial charge is 0.0888 e. The summed E-state index contributed by atoms with van der Waals surface area (Å²) in [5, 5.41) is 0. The van der Waals surface area contributed by atoms with Crippen LogP contribution in [0, 0.1) is 47.3 Å². The van der Waals surface area contributed by atoms with Gasteiger partial charge < -0.3 is 0 Å². The Kier molecular flexibility index (Phi) is 77.7. The highest BCUT2D eigenvalue weighted by Crippen LogP contribution is 2.21. The summed E-state index contributed by atoms with van der Waals surface area (Å²) >= 11 is 0. The molecule has 0 heteroatoms. The van der Waals surface area contributed by atoms with Crippen LogP contribution in [-0.4, -0.2) is 0 Å². The number of unbranched alkanes of at least 4 members (excludes halogenated alkanes) is 5. The van der Waals surface area contributed by atoms with Crippen molar-refractivity contribution < 1.29 is 0 Å². The van der Waals surface area contributed by atoms with E-state index < -0.39 is 0 Å². The molecule has 0 aromatic heterocycles. The molecule has 0 bridgehead atoms. The summed E-state index contributed by atoms with van der Waals surface area (Å²) in [6.07, 6.45) is 37.0. The number of rotatable bonds is 22. The Morgan fingerprint density at radius 3 is 1.27 bits per heavy atom. The molecule has 0 aromatic rings. The molecule has 0 aromatic carbocycles. The van der Waals surface area contributed by atoms with Crippen molar-refractivity contribution >= 4 is 0 Å². The van der Waals surface area contributed by atoms with Gasteiger partial charge in [-0.3, -0.25) is 0 Å². The van der Waals surface area contributed by atoms with E-state index in [-0.39, 0.29) is 14.9 Å². The average Bonchev–Trinajstić information content (AvgIpc) is 3.09. The Balaban J connectivity index is -0.0000000800. The third-order valence-electron chi connectivity index (χ3n) is 9.57. The van der Waals surface area contributed by atoms with Gasteiger partial charge in [-0.1, -0.05) is 259 Å². The van der Waals surface area contributed by atoms with Gasteiger partial charge >= 0.3 is 0 Å². The second kappa shape index (κ2) is 59.6. The molecule has 0 saturated carbocycles. The first kappa shape index (κ1) is 71.6. The van der Waals surface area contributed by atoms with Crippen LogP contribution < -0.4 is 0 Å². The van der Waals surface area contributed by atoms with Crippen LogP contribution in [0.15, 0.2) is 48.1 Å². The van der Waals surface area contributed by atoms with Gasteiger partial charge in [0.15, 0.2) is 0 Å². The summed E-state index contributed by atoms with van der Waals surface area (Å²) in [5.74, 6) is 6.70. The SMILES string of the molecule is C.C.CC/C=C/C(C)C(C)C.CC/C=C/C(CC)C(C)C.CC/C=C/CC(C)C.CCCCC(CC)C(C)C.CCCCC=C(C)C.CCCCCC(C)C. The normalized spacial score (nSPS) is 12.3. The van der Waals surface area contributed by atoms with Crippen LogP contribution in [0.3, 0.4) is 0 Å². The van der Waals surface area contributed by atoms with Gasteiger partial charge in [-0.15, -0.1) is 0 Å². The molecule has 3 atom stereocenters. The molecule has 0 rings (SSSR count). The molecule has 0 aliphatic rings. The van der Waals surface area contributed by atoms with E-state index in [1.807, 2.05) is 0 Å². The van der Waals surface area contributed by atoms with Crippen LogP contribution in [0.25, 0.3) is 0 Å². The topological polar surface area (TPSA) is 0 Å². The molecule has 338 valence electrons. The van der Waals surface area contributed by atoms with E-state index in [0.29, 0.717) is 0 Å². The quantitative estimate of drug-likeness (QED) is 0.0758. The summed E-state index contributed by atoms with van der Waals surface area (Å²) in [6, 6.07) is 0. The van der Waals surface area contributed by atoms with Crippen LogP contribution in [0.2, 0.25) is 0 Å². The molecule has 0 spiro atoms. The molecule has 0 heterocycles. The molecule has 0 amide bonds. The van der Waals surface area contributed by atoms with Crippen molar-refractivity contribution in [3.05, 3.63) is 48.1 Å². The first-order chi connectivity index (χ1) is 24.9. The average molecular weight is 780 g/mol. The Labute approximate surface area is 357 Å². The maximum Gasteiger partial charge on any atom is -0.0213 e. The van der Waals surface area contributed by atoms with E-state index >= 15 is 0 Å². The summed E-state index contributed by atoms with van der Waals surface area (Å²) in [5.41, 5.74) is 1.44. The smallest absolute Gasteiger partial charge is 0.0213 e. The zero-order valence-corrected chi connectivity index (χ0v) is 41.5. The summed E-state index contributed by atoms with van der Waals surface area (Å²) < 4.78 is 0. The highest BCUT2D eigenvalue weighted by molar-refractivity contribution is 4.92. The van der Waals surface area contributed by atoms with Gasteiger partial charge in [-0.25, -0.2) is 0 Å². The zero-order chi connectivity index (χ0) is 42.5. The van der Waals surface area contributed by atoms with Gasteiger partial charge in [0, 0.05) is 0 Å². The summed E-state index contributed by atoms with van der Waals surface area (Å²) in [7, 11) is 0. The molecular weight excluding hydrogens is 661 g/mol. The lowest BCUT2D eigenvalue weighted by atomic mass is 9.89. The fourth-order valence-corrected chi connectivity index (χ4v) is 5.12. The zero-order valence-electron chi connectivity index (χ0n) is 41.5. The molecule has 3 unspecified atom stereocenters. The number of hydrogen-bond acceptors (Lipinski definition) is 0. The van der Waals surface area contributed by atoms with Gasteiger partial charge in [0.2, 0.25) is 0 Å². The lowest BCUT2D eigenvalue weighted by molar-refractivity contribution is 0.339. The fraction of sp³-hybridized carbons (Fsp3) is 0.855. The van der Waals surface area contributed by atoms with Crippen molar-refractivity contribution in [3.8, 4) is 0 Å². The minimum atomic E-state index is 0. The predicted molar refractivity (Wildman–Crippen MR) is 270 cm³/mol. The molecule has 0 aliphatic carbocycles. The van der Waals surface area contributed by atoms with E-state index in [0.717, 1.165) is 53.8 Å². The van der Waals surface area contributed by atoms with Crippen molar-refractivity contribution in [1.29, 1.82) is 0 Å². The van der Waals surface area contributed by atoms with Crippen molar-refractivity contribution in [2.45, 2.75) is 263 Å². The van der Waals surface area contributed by atoms with Gasteiger partial charge in [-0.05, 0) is 99.7 Å². The second-order valence-corrected chi connectivity index (χ2v) is 17.5. The van der Waals surface area contributed by atoms with Crippen molar-refractivity contribution in [3.63, 3.8) is 0 Å². The molecule has 55 heavy (non-hydrogen) atoms. The first-order valence-electron chi connectivity index (χ1n) is 23.5. The number of allylic oxidation sites excluding steroid dienone is 8. The van der Waals surface area contributed by atoms with Crippen molar-refractivity contribution in [2.24, 2.45) is 47.3 Å². The predicted octanol–water partition coefficient (Wildman–Crippen LogP) is 21.4. The van der Waals surface area contributed by atoms with E-state index in [1.54, 1.807) is 0 Å². The van der Waals surface area contributed by atoms with E-state index in [4.69, 9.17) is 0 Å². The number of hydrogen-bond donors (Lipinski definition) is 0. The summed E-state index contributed by atoms with van der Waals surface area (Å²) in [6.45, 7) is 47.2. The maximum atomic E-state index is 2.35. The molecule has 0 aliphatic heterocycles. The van der Waals surface area contributed by atoms with Crippen LogP contribution in [0.4, 0.5) is 0 Å². The Bertz CT molecular complexity index is 721. The standard InChI is InChI=1S/C10H22.C10H20.C9H18.C8H18.2C8H16.2CH4/c2*1-5-7-8-10(6-2)9(3)4;1-5-6-7-9(4)8(2)3;3*1-4-5-6-7-8(2)3;;/h9-10H,5-8H2,1-4H3;7-10H,5-6H2,1-4H3;6-9H,5H2,1-4H3;8H,4-7H2,1-3H3;7H,4-6H2,1-3H3;5-6,8H,4,7H2,1-3H3;2*1H4/b;8-7+;7-6+;;;6-5+;;. The molecule has 0 N–H and O–H groups in total. The first-order valence-corrected chi connectivity index (χ1v) is 23.5. The van der Waals surface area contributed by atoms with Gasteiger partial charge in [0.25, 0.3) is 0 Å². The lowest BCUT2D eigenvalue weighted by Gasteiger charge is -2.17. The third-order valence-corrected chi connectivity index (χ3v) is 9.57. The molecule has 0 saturated heterocycles. The van der Waals surface area contributed by atoms with Crippen molar-refractivity contribution in [1.82, 2.24) is 0 Å². The highest BCUT2D eigenvalue weighted by Gasteiger charge is 2.09. The van der Waals surface area contributed by atoms with Gasteiger partial charge in [-0.2, -0.15) is 0 Å². The van der Waals surface area contributed by atoms with Crippen LogP contribution in [0.1, 0.15) is 263 Å². The summed E-state index contributed by atoms with van der Waals surface area (Å²) in [4.78, 5) is 0. The van der Waals surface area contributed by atoms with Gasteiger partial charge in [0.05, 0.1) is 0 Å². The van der Waals surface area contributed by atoms with Crippen LogP contribution in [0.5, 0.6) is 0 Å². The van der Waals surface area contributed by atoms with Crippen LogP contribution in [-0.2, 0) is 0 Å². The Morgan fingerprint density at radius 1 is 0.455 bits per heavy atom. The highest BCUT2D eigenvalue weighted by atomic mass is 14.1. The third kappa shape index (κ3) is 78.1. The van der Waals surface area contributed by atoms with Crippen LogP contribution >= 0.6 is 0 Å². The lowest BCUT2D eigenvalue weighted by Crippen LogP contribution is -2.06. The monoisotopic (exact) mass is 779 g/mol. The van der Waals surface area contributed by atoms with Gasteiger partial charge in [0.1, 0.15) is 0 Å². The Hall–Kier alpha value is -1.04. The maximum absolute atomic E-state index is 2.35. The molecule has 0 radical (unpaired) electrons. The molecular formula is C55H118. The van der Waals surface area contributed by atoms with E-state index in [2.05, 4.69) is 188 Å². The minimum absolute atomic E-state index is 0. The fourth-order valence-electron chi connectivity index (χ4n) is 5.12. The molecule has 0 fully saturated rings. The van der Waals surface area contributed by atoms with E-state index in [9.17, 15) is 0 Å².